The van der Waals surface area contributed by atoms with Crippen molar-refractivity contribution in [2.75, 3.05) is 24.7 Å². The summed E-state index contributed by atoms with van der Waals surface area (Å²) in [6, 6.07) is 3.74. The summed E-state index contributed by atoms with van der Waals surface area (Å²) in [6.07, 6.45) is 2.25. The number of rotatable bonds is 1. The first-order valence-corrected chi connectivity index (χ1v) is 6.86. The SMILES string of the molecule is CN(C)C(=S)Nc1cc2c(cc1Cl)CCCC(=O)N2. The predicted octanol–water partition coefficient (Wildman–Crippen LogP) is 2.87. The van der Waals surface area contributed by atoms with E-state index in [1.165, 1.54) is 0 Å². The Labute approximate surface area is 123 Å². The number of hydrogen-bond donors (Lipinski definition) is 2. The molecule has 2 N–H and O–H groups in total. The third-order valence-corrected chi connectivity index (χ3v) is 3.74. The van der Waals surface area contributed by atoms with Crippen LogP contribution in [0.3, 0.4) is 0 Å². The van der Waals surface area contributed by atoms with Crippen molar-refractivity contribution in [3.05, 3.63) is 22.7 Å². The lowest BCUT2D eigenvalue weighted by molar-refractivity contribution is -0.116. The number of anilines is 2. The molecule has 2 rings (SSSR count). The molecule has 1 aromatic rings. The number of carbonyl (C=O) groups excluding carboxylic acids is 1. The fourth-order valence-corrected chi connectivity index (χ4v) is 2.26. The van der Waals surface area contributed by atoms with E-state index in [4.69, 9.17) is 23.8 Å². The number of nitrogens with one attached hydrogen (secondary N) is 2. The monoisotopic (exact) mass is 297 g/mol. The maximum absolute atomic E-state index is 11.6. The number of fused-ring (bicyclic) bond motifs is 1. The summed E-state index contributed by atoms with van der Waals surface area (Å²) in [5, 5.41) is 7.15. The van der Waals surface area contributed by atoms with E-state index in [-0.39, 0.29) is 5.91 Å². The van der Waals surface area contributed by atoms with E-state index in [1.54, 1.807) is 4.90 Å². The molecule has 0 fully saturated rings. The highest BCUT2D eigenvalue weighted by Crippen LogP contribution is 2.32. The average molecular weight is 298 g/mol. The standard InChI is InChI=1S/C13H16ClN3OS/c1-17(2)13(19)16-11-7-10-8(6-9(11)14)4-3-5-12(18)15-10/h6-7H,3-5H2,1-2H3,(H,15,18)(H,16,19). The zero-order valence-electron chi connectivity index (χ0n) is 10.9. The molecule has 0 saturated carbocycles. The molecule has 0 atom stereocenters. The number of amides is 1. The molecule has 1 aromatic carbocycles. The Bertz CT molecular complexity index is 531. The molecule has 1 heterocycles. The van der Waals surface area contributed by atoms with Crippen LogP contribution in [0.4, 0.5) is 11.4 Å². The first-order chi connectivity index (χ1) is 8.97. The van der Waals surface area contributed by atoms with Crippen LogP contribution < -0.4 is 10.6 Å². The summed E-state index contributed by atoms with van der Waals surface area (Å²) in [7, 11) is 3.71. The Morgan fingerprint density at radius 1 is 1.42 bits per heavy atom. The summed E-state index contributed by atoms with van der Waals surface area (Å²) in [4.78, 5) is 13.4. The quantitative estimate of drug-likeness (QED) is 0.783. The van der Waals surface area contributed by atoms with Gasteiger partial charge in [-0.05, 0) is 42.8 Å². The first kappa shape index (κ1) is 14.1. The van der Waals surface area contributed by atoms with Gasteiger partial charge in [0.05, 0.1) is 10.7 Å². The van der Waals surface area contributed by atoms with Crippen molar-refractivity contribution in [1.82, 2.24) is 4.90 Å². The van der Waals surface area contributed by atoms with Crippen LogP contribution in [0.25, 0.3) is 0 Å². The highest BCUT2D eigenvalue weighted by Gasteiger charge is 2.16. The van der Waals surface area contributed by atoms with Crippen LogP contribution >= 0.6 is 23.8 Å². The normalized spacial score (nSPS) is 14.2. The van der Waals surface area contributed by atoms with Crippen LogP contribution in [0.15, 0.2) is 12.1 Å². The van der Waals surface area contributed by atoms with Crippen LogP contribution in [0.5, 0.6) is 0 Å². The number of carbonyl (C=O) groups is 1. The Kier molecular flexibility index (Phi) is 4.27. The number of halogens is 1. The van der Waals surface area contributed by atoms with E-state index in [0.717, 1.165) is 24.1 Å². The van der Waals surface area contributed by atoms with Gasteiger partial charge < -0.3 is 15.5 Å². The number of nitrogens with zero attached hydrogens (tertiary/aromatic N) is 1. The predicted molar refractivity (Wildman–Crippen MR) is 82.9 cm³/mol. The molecule has 1 aliphatic heterocycles. The van der Waals surface area contributed by atoms with Crippen molar-refractivity contribution >= 4 is 46.2 Å². The number of benzene rings is 1. The summed E-state index contributed by atoms with van der Waals surface area (Å²) >= 11 is 11.4. The van der Waals surface area contributed by atoms with Crippen molar-refractivity contribution in [2.24, 2.45) is 0 Å². The fourth-order valence-electron chi connectivity index (χ4n) is 1.91. The van der Waals surface area contributed by atoms with Gasteiger partial charge in [0.15, 0.2) is 5.11 Å². The zero-order chi connectivity index (χ0) is 14.0. The van der Waals surface area contributed by atoms with E-state index in [9.17, 15) is 4.79 Å². The van der Waals surface area contributed by atoms with Gasteiger partial charge in [-0.3, -0.25) is 4.79 Å². The van der Waals surface area contributed by atoms with E-state index in [1.807, 2.05) is 26.2 Å². The molecule has 19 heavy (non-hydrogen) atoms. The van der Waals surface area contributed by atoms with Gasteiger partial charge in [-0.25, -0.2) is 0 Å². The molecular formula is C13H16ClN3OS. The molecule has 4 nitrogen and oxygen atoms in total. The molecule has 0 aliphatic carbocycles. The van der Waals surface area contributed by atoms with Gasteiger partial charge in [0.2, 0.25) is 5.91 Å². The van der Waals surface area contributed by atoms with Crippen molar-refractivity contribution in [2.45, 2.75) is 19.3 Å². The molecule has 6 heteroatoms. The van der Waals surface area contributed by atoms with Crippen molar-refractivity contribution in [3.63, 3.8) is 0 Å². The molecule has 1 amide bonds. The van der Waals surface area contributed by atoms with E-state index in [2.05, 4.69) is 10.6 Å². The van der Waals surface area contributed by atoms with Gasteiger partial charge in [-0.1, -0.05) is 11.6 Å². The Morgan fingerprint density at radius 2 is 2.16 bits per heavy atom. The summed E-state index contributed by atoms with van der Waals surface area (Å²) in [5.74, 6) is 0.0437. The van der Waals surface area contributed by atoms with Gasteiger partial charge in [0.1, 0.15) is 0 Å². The molecule has 0 aromatic heterocycles. The Hall–Kier alpha value is -1.33. The fraction of sp³-hybridized carbons (Fsp3) is 0.385. The van der Waals surface area contributed by atoms with Gasteiger partial charge in [0, 0.05) is 26.2 Å². The molecule has 0 saturated heterocycles. The van der Waals surface area contributed by atoms with E-state index in [0.29, 0.717) is 22.2 Å². The van der Waals surface area contributed by atoms with Crippen LogP contribution in [0, 0.1) is 0 Å². The minimum atomic E-state index is 0.0437. The lowest BCUT2D eigenvalue weighted by atomic mass is 10.1. The maximum Gasteiger partial charge on any atom is 0.224 e. The van der Waals surface area contributed by atoms with E-state index >= 15 is 0 Å². The molecule has 1 aliphatic rings. The second kappa shape index (κ2) is 5.75. The van der Waals surface area contributed by atoms with Crippen molar-refractivity contribution in [1.29, 1.82) is 0 Å². The molecule has 0 spiro atoms. The highest BCUT2D eigenvalue weighted by molar-refractivity contribution is 7.80. The second-order valence-corrected chi connectivity index (χ2v) is 5.51. The third-order valence-electron chi connectivity index (χ3n) is 2.96. The molecule has 0 unspecified atom stereocenters. The highest BCUT2D eigenvalue weighted by atomic mass is 35.5. The second-order valence-electron chi connectivity index (χ2n) is 4.72. The van der Waals surface area contributed by atoms with Gasteiger partial charge >= 0.3 is 0 Å². The van der Waals surface area contributed by atoms with Crippen LogP contribution in [-0.4, -0.2) is 30.0 Å². The smallest absolute Gasteiger partial charge is 0.224 e. The van der Waals surface area contributed by atoms with Crippen molar-refractivity contribution in [3.8, 4) is 0 Å². The topological polar surface area (TPSA) is 44.4 Å². The Balaban J connectivity index is 2.31. The van der Waals surface area contributed by atoms with Crippen LogP contribution in [0.1, 0.15) is 18.4 Å². The number of thiocarbonyl (C=S) groups is 1. The minimum Gasteiger partial charge on any atom is -0.355 e. The van der Waals surface area contributed by atoms with Crippen molar-refractivity contribution < 1.29 is 4.79 Å². The van der Waals surface area contributed by atoms with Gasteiger partial charge in [0.25, 0.3) is 0 Å². The molecule has 102 valence electrons. The summed E-state index contributed by atoms with van der Waals surface area (Å²) < 4.78 is 0. The van der Waals surface area contributed by atoms with Crippen LogP contribution in [-0.2, 0) is 11.2 Å². The van der Waals surface area contributed by atoms with Crippen LogP contribution in [0.2, 0.25) is 5.02 Å². The lowest BCUT2D eigenvalue weighted by Crippen LogP contribution is -2.27. The van der Waals surface area contributed by atoms with Gasteiger partial charge in [-0.2, -0.15) is 0 Å². The summed E-state index contributed by atoms with van der Waals surface area (Å²) in [6.45, 7) is 0. The molecular weight excluding hydrogens is 282 g/mol. The minimum absolute atomic E-state index is 0.0437. The Morgan fingerprint density at radius 3 is 2.84 bits per heavy atom. The maximum atomic E-state index is 11.6. The largest absolute Gasteiger partial charge is 0.355 e. The lowest BCUT2D eigenvalue weighted by Gasteiger charge is -2.18. The third kappa shape index (κ3) is 3.36. The van der Waals surface area contributed by atoms with Gasteiger partial charge in [-0.15, -0.1) is 0 Å². The first-order valence-electron chi connectivity index (χ1n) is 6.08. The number of hydrogen-bond acceptors (Lipinski definition) is 2. The molecule has 0 bridgehead atoms. The average Bonchev–Trinajstić information content (AvgIpc) is 2.50. The van der Waals surface area contributed by atoms with E-state index < -0.39 is 0 Å². The zero-order valence-corrected chi connectivity index (χ0v) is 12.5. The molecule has 0 radical (unpaired) electrons. The summed E-state index contributed by atoms with van der Waals surface area (Å²) in [5.41, 5.74) is 2.59. The number of aryl methyl sites for hydroxylation is 1.